The van der Waals surface area contributed by atoms with E-state index in [0.717, 1.165) is 18.2 Å². The summed E-state index contributed by atoms with van der Waals surface area (Å²) in [7, 11) is 0. The van der Waals surface area contributed by atoms with Gasteiger partial charge in [-0.25, -0.2) is 0 Å². The van der Waals surface area contributed by atoms with Crippen molar-refractivity contribution in [2.45, 2.75) is 25.6 Å². The Hall–Kier alpha value is -1.78. The Morgan fingerprint density at radius 3 is 2.72 bits per heavy atom. The molecule has 0 fully saturated rings. The standard InChI is InChI=1S/C13H14F3NO/c1-3-12(18)17-9(2)7-10-5-4-6-11(8-10)13(14,15)16/h3-6,8-9H,1,7H2,2H3,(H,17,18)/t9-/m1/s1. The lowest BCUT2D eigenvalue weighted by Gasteiger charge is -2.14. The van der Waals surface area contributed by atoms with Crippen molar-refractivity contribution in [1.82, 2.24) is 5.32 Å². The maximum atomic E-state index is 12.5. The fourth-order valence-electron chi connectivity index (χ4n) is 1.58. The molecular weight excluding hydrogens is 243 g/mol. The summed E-state index contributed by atoms with van der Waals surface area (Å²) in [6.45, 7) is 5.03. The molecule has 1 atom stereocenters. The molecule has 1 aromatic rings. The Morgan fingerprint density at radius 2 is 2.17 bits per heavy atom. The SMILES string of the molecule is C=CC(=O)N[C@H](C)Cc1cccc(C(F)(F)F)c1. The Bertz CT molecular complexity index is 440. The van der Waals surface area contributed by atoms with Crippen LogP contribution in [-0.2, 0) is 17.4 Å². The van der Waals surface area contributed by atoms with Crippen LogP contribution < -0.4 is 5.32 Å². The Kier molecular flexibility index (Phi) is 4.53. The molecule has 0 radical (unpaired) electrons. The summed E-state index contributed by atoms with van der Waals surface area (Å²) in [6.07, 6.45) is -2.88. The van der Waals surface area contributed by atoms with Crippen molar-refractivity contribution in [2.75, 3.05) is 0 Å². The fraction of sp³-hybridized carbons (Fsp3) is 0.308. The van der Waals surface area contributed by atoms with Crippen LogP contribution in [-0.4, -0.2) is 11.9 Å². The number of hydrogen-bond acceptors (Lipinski definition) is 1. The highest BCUT2D eigenvalue weighted by atomic mass is 19.4. The van der Waals surface area contributed by atoms with Crippen molar-refractivity contribution in [3.63, 3.8) is 0 Å². The molecule has 0 unspecified atom stereocenters. The summed E-state index contributed by atoms with van der Waals surface area (Å²) < 4.78 is 37.5. The van der Waals surface area contributed by atoms with Crippen molar-refractivity contribution >= 4 is 5.91 Å². The second-order valence-corrected chi connectivity index (χ2v) is 4.02. The number of carbonyl (C=O) groups is 1. The van der Waals surface area contributed by atoms with Crippen LogP contribution in [0.5, 0.6) is 0 Å². The predicted molar refractivity (Wildman–Crippen MR) is 62.9 cm³/mol. The molecule has 18 heavy (non-hydrogen) atoms. The minimum Gasteiger partial charge on any atom is -0.350 e. The Balaban J connectivity index is 2.73. The predicted octanol–water partition coefficient (Wildman–Crippen LogP) is 2.94. The largest absolute Gasteiger partial charge is 0.416 e. The van der Waals surface area contributed by atoms with Gasteiger partial charge >= 0.3 is 6.18 Å². The third kappa shape index (κ3) is 4.24. The van der Waals surface area contributed by atoms with Gasteiger partial charge in [0.15, 0.2) is 0 Å². The van der Waals surface area contributed by atoms with Crippen molar-refractivity contribution in [1.29, 1.82) is 0 Å². The van der Waals surface area contributed by atoms with E-state index in [2.05, 4.69) is 11.9 Å². The van der Waals surface area contributed by atoms with Crippen LogP contribution in [0.2, 0.25) is 0 Å². The summed E-state index contributed by atoms with van der Waals surface area (Å²) in [6, 6.07) is 4.83. The molecular formula is C13H14F3NO. The number of carbonyl (C=O) groups excluding carboxylic acids is 1. The molecule has 1 amide bonds. The van der Waals surface area contributed by atoms with E-state index in [-0.39, 0.29) is 11.9 Å². The van der Waals surface area contributed by atoms with E-state index in [9.17, 15) is 18.0 Å². The molecule has 0 aromatic heterocycles. The average molecular weight is 257 g/mol. The third-order valence-electron chi connectivity index (χ3n) is 2.37. The first kappa shape index (κ1) is 14.3. The minimum atomic E-state index is -4.34. The van der Waals surface area contributed by atoms with Gasteiger partial charge in [0.2, 0.25) is 5.91 Å². The highest BCUT2D eigenvalue weighted by Crippen LogP contribution is 2.29. The molecule has 5 heteroatoms. The number of nitrogens with one attached hydrogen (secondary N) is 1. The van der Waals surface area contributed by atoms with E-state index in [1.165, 1.54) is 6.07 Å². The zero-order valence-corrected chi connectivity index (χ0v) is 9.92. The molecule has 1 rings (SSSR count). The smallest absolute Gasteiger partial charge is 0.350 e. The van der Waals surface area contributed by atoms with E-state index in [0.29, 0.717) is 12.0 Å². The van der Waals surface area contributed by atoms with Gasteiger partial charge in [-0.15, -0.1) is 0 Å². The van der Waals surface area contributed by atoms with Gasteiger partial charge in [-0.2, -0.15) is 13.2 Å². The van der Waals surface area contributed by atoms with E-state index < -0.39 is 11.7 Å². The minimum absolute atomic E-state index is 0.251. The molecule has 0 saturated carbocycles. The quantitative estimate of drug-likeness (QED) is 0.825. The first-order valence-corrected chi connectivity index (χ1v) is 5.42. The first-order chi connectivity index (χ1) is 8.32. The lowest BCUT2D eigenvalue weighted by atomic mass is 10.0. The number of hydrogen-bond donors (Lipinski definition) is 1. The van der Waals surface area contributed by atoms with Crippen LogP contribution in [0.1, 0.15) is 18.1 Å². The van der Waals surface area contributed by atoms with Gasteiger partial charge < -0.3 is 5.32 Å². The summed E-state index contributed by atoms with van der Waals surface area (Å²) >= 11 is 0. The third-order valence-corrected chi connectivity index (χ3v) is 2.37. The van der Waals surface area contributed by atoms with Gasteiger partial charge in [-0.3, -0.25) is 4.79 Å². The number of rotatable bonds is 4. The molecule has 0 bridgehead atoms. The summed E-state index contributed by atoms with van der Waals surface area (Å²) in [4.78, 5) is 11.0. The van der Waals surface area contributed by atoms with Crippen molar-refractivity contribution in [3.05, 3.63) is 48.0 Å². The maximum Gasteiger partial charge on any atom is 0.416 e. The van der Waals surface area contributed by atoms with Crippen molar-refractivity contribution in [2.24, 2.45) is 0 Å². The van der Waals surface area contributed by atoms with Crippen LogP contribution in [0.15, 0.2) is 36.9 Å². The van der Waals surface area contributed by atoms with E-state index in [4.69, 9.17) is 0 Å². The van der Waals surface area contributed by atoms with E-state index in [1.807, 2.05) is 0 Å². The average Bonchev–Trinajstić information content (AvgIpc) is 2.27. The molecule has 0 saturated heterocycles. The topological polar surface area (TPSA) is 29.1 Å². The molecule has 0 aliphatic rings. The fourth-order valence-corrected chi connectivity index (χ4v) is 1.58. The maximum absolute atomic E-state index is 12.5. The number of benzene rings is 1. The van der Waals surface area contributed by atoms with Gasteiger partial charge in [0.05, 0.1) is 5.56 Å². The zero-order chi connectivity index (χ0) is 13.8. The van der Waals surface area contributed by atoms with Crippen molar-refractivity contribution < 1.29 is 18.0 Å². The van der Waals surface area contributed by atoms with Gasteiger partial charge in [0, 0.05) is 6.04 Å². The Morgan fingerprint density at radius 1 is 1.50 bits per heavy atom. The lowest BCUT2D eigenvalue weighted by Crippen LogP contribution is -2.32. The van der Waals surface area contributed by atoms with E-state index in [1.54, 1.807) is 13.0 Å². The number of alkyl halides is 3. The van der Waals surface area contributed by atoms with E-state index >= 15 is 0 Å². The molecule has 98 valence electrons. The molecule has 0 aliphatic heterocycles. The zero-order valence-electron chi connectivity index (χ0n) is 9.92. The highest BCUT2D eigenvalue weighted by Gasteiger charge is 2.30. The second-order valence-electron chi connectivity index (χ2n) is 4.02. The summed E-state index contributed by atoms with van der Waals surface area (Å²) in [5.41, 5.74) is -0.149. The second kappa shape index (κ2) is 5.71. The van der Waals surface area contributed by atoms with Crippen LogP contribution in [0.3, 0.4) is 0 Å². The first-order valence-electron chi connectivity index (χ1n) is 5.42. The van der Waals surface area contributed by atoms with Crippen LogP contribution in [0.4, 0.5) is 13.2 Å². The van der Waals surface area contributed by atoms with Crippen LogP contribution in [0.25, 0.3) is 0 Å². The Labute approximate surface area is 104 Å². The summed E-state index contributed by atoms with van der Waals surface area (Å²) in [5, 5.41) is 2.60. The monoisotopic (exact) mass is 257 g/mol. The lowest BCUT2D eigenvalue weighted by molar-refractivity contribution is -0.137. The van der Waals surface area contributed by atoms with Crippen molar-refractivity contribution in [3.8, 4) is 0 Å². The molecule has 0 spiro atoms. The van der Waals surface area contributed by atoms with Gasteiger partial charge in [-0.05, 0) is 31.1 Å². The van der Waals surface area contributed by atoms with Crippen LogP contribution >= 0.6 is 0 Å². The number of amides is 1. The molecule has 2 nitrogen and oxygen atoms in total. The summed E-state index contributed by atoms with van der Waals surface area (Å²) in [5.74, 6) is -0.338. The van der Waals surface area contributed by atoms with Gasteiger partial charge in [0.1, 0.15) is 0 Å². The van der Waals surface area contributed by atoms with Gasteiger partial charge in [-0.1, -0.05) is 24.8 Å². The van der Waals surface area contributed by atoms with Crippen LogP contribution in [0, 0.1) is 0 Å². The number of halogens is 3. The highest BCUT2D eigenvalue weighted by molar-refractivity contribution is 5.87. The molecule has 0 heterocycles. The molecule has 0 aliphatic carbocycles. The van der Waals surface area contributed by atoms with Gasteiger partial charge in [0.25, 0.3) is 0 Å². The molecule has 1 aromatic carbocycles. The molecule has 1 N–H and O–H groups in total. The normalized spacial score (nSPS) is 12.9.